The summed E-state index contributed by atoms with van der Waals surface area (Å²) < 4.78 is 0. The lowest BCUT2D eigenvalue weighted by atomic mass is 10.1. The fourth-order valence-electron chi connectivity index (χ4n) is 4.80. The van der Waals surface area contributed by atoms with Gasteiger partial charge in [-0.2, -0.15) is 10.5 Å². The number of hydrogen-bond donors (Lipinski definition) is 1. The van der Waals surface area contributed by atoms with Crippen LogP contribution < -0.4 is 10.2 Å². The smallest absolute Gasteiger partial charge is 0.239 e. The van der Waals surface area contributed by atoms with Gasteiger partial charge in [0.25, 0.3) is 0 Å². The van der Waals surface area contributed by atoms with Gasteiger partial charge in [0.2, 0.25) is 5.91 Å². The number of hydrogen-bond acceptors (Lipinski definition) is 6. The summed E-state index contributed by atoms with van der Waals surface area (Å²) in [5.41, 5.74) is 1.86. The third-order valence-corrected chi connectivity index (χ3v) is 6.58. The standard InChI is InChI=1S/C22H28N6O/c1-16-4-5-28(15-16)22(29)21-11-20(14-25-21)27-8-6-26(7-9-27)19-3-2-17(12-23)18(10-19)13-24/h2-3,10,16,20-21,25H,4-9,11,14-15H2,1H3/t16?,20-,21-/m0/s1. The van der Waals surface area contributed by atoms with Crippen LogP contribution in [-0.4, -0.2) is 73.6 Å². The summed E-state index contributed by atoms with van der Waals surface area (Å²) in [5.74, 6) is 0.894. The van der Waals surface area contributed by atoms with E-state index in [2.05, 4.69) is 34.2 Å². The molecule has 7 heteroatoms. The third-order valence-electron chi connectivity index (χ3n) is 6.58. The number of benzene rings is 1. The Balaban J connectivity index is 1.31. The molecule has 0 spiro atoms. The van der Waals surface area contributed by atoms with Gasteiger partial charge in [0, 0.05) is 57.5 Å². The van der Waals surface area contributed by atoms with Crippen LogP contribution in [0.4, 0.5) is 5.69 Å². The van der Waals surface area contributed by atoms with Crippen LogP contribution in [0.1, 0.15) is 30.9 Å². The fourth-order valence-corrected chi connectivity index (χ4v) is 4.80. The van der Waals surface area contributed by atoms with Crippen molar-refractivity contribution in [3.05, 3.63) is 29.3 Å². The molecule has 0 saturated carbocycles. The molecule has 0 aromatic heterocycles. The van der Waals surface area contributed by atoms with E-state index in [1.54, 1.807) is 6.07 Å². The highest BCUT2D eigenvalue weighted by Gasteiger charge is 2.37. The van der Waals surface area contributed by atoms with Gasteiger partial charge in [-0.3, -0.25) is 9.69 Å². The van der Waals surface area contributed by atoms with E-state index < -0.39 is 0 Å². The zero-order valence-electron chi connectivity index (χ0n) is 17.0. The Morgan fingerprint density at radius 2 is 1.86 bits per heavy atom. The second-order valence-electron chi connectivity index (χ2n) is 8.50. The number of anilines is 1. The van der Waals surface area contributed by atoms with E-state index in [1.807, 2.05) is 17.0 Å². The summed E-state index contributed by atoms with van der Waals surface area (Å²) in [7, 11) is 0. The van der Waals surface area contributed by atoms with Gasteiger partial charge in [0.1, 0.15) is 12.1 Å². The van der Waals surface area contributed by atoms with E-state index >= 15 is 0 Å². The van der Waals surface area contributed by atoms with Crippen molar-refractivity contribution < 1.29 is 4.79 Å². The summed E-state index contributed by atoms with van der Waals surface area (Å²) in [6, 6.07) is 10.0. The van der Waals surface area contributed by atoms with Crippen LogP contribution in [0, 0.1) is 28.6 Å². The molecule has 1 amide bonds. The average molecular weight is 393 g/mol. The maximum absolute atomic E-state index is 12.8. The molecule has 3 saturated heterocycles. The van der Waals surface area contributed by atoms with Crippen molar-refractivity contribution in [1.29, 1.82) is 10.5 Å². The van der Waals surface area contributed by atoms with E-state index in [1.165, 1.54) is 0 Å². The highest BCUT2D eigenvalue weighted by molar-refractivity contribution is 5.82. The van der Waals surface area contributed by atoms with Gasteiger partial charge in [-0.1, -0.05) is 6.92 Å². The zero-order valence-corrected chi connectivity index (χ0v) is 17.0. The third kappa shape index (κ3) is 4.07. The maximum atomic E-state index is 12.8. The molecule has 3 atom stereocenters. The van der Waals surface area contributed by atoms with Crippen molar-refractivity contribution in [2.24, 2.45) is 5.92 Å². The van der Waals surface area contributed by atoms with Crippen molar-refractivity contribution in [2.75, 3.05) is 50.7 Å². The fraction of sp³-hybridized carbons (Fsp3) is 0.591. The number of amides is 1. The Labute approximate surface area is 172 Å². The molecule has 3 heterocycles. The van der Waals surface area contributed by atoms with Gasteiger partial charge < -0.3 is 15.1 Å². The first-order valence-corrected chi connectivity index (χ1v) is 10.5. The van der Waals surface area contributed by atoms with Crippen LogP contribution >= 0.6 is 0 Å². The monoisotopic (exact) mass is 392 g/mol. The van der Waals surface area contributed by atoms with Crippen LogP contribution in [-0.2, 0) is 4.79 Å². The molecule has 29 heavy (non-hydrogen) atoms. The van der Waals surface area contributed by atoms with E-state index in [0.717, 1.165) is 64.3 Å². The van der Waals surface area contributed by atoms with Crippen LogP contribution in [0.3, 0.4) is 0 Å². The molecular weight excluding hydrogens is 364 g/mol. The molecule has 1 aromatic rings. The average Bonchev–Trinajstić information content (AvgIpc) is 3.42. The molecule has 3 fully saturated rings. The molecule has 1 N–H and O–H groups in total. The summed E-state index contributed by atoms with van der Waals surface area (Å²) in [6.07, 6.45) is 2.01. The normalized spacial score (nSPS) is 27.6. The molecule has 0 bridgehead atoms. The first kappa shape index (κ1) is 19.7. The maximum Gasteiger partial charge on any atom is 0.239 e. The molecule has 0 aliphatic carbocycles. The first-order chi connectivity index (χ1) is 14.1. The molecule has 152 valence electrons. The Bertz CT molecular complexity index is 848. The van der Waals surface area contributed by atoms with Gasteiger partial charge in [-0.05, 0) is 37.0 Å². The number of likely N-dealkylation sites (tertiary alicyclic amines) is 1. The van der Waals surface area contributed by atoms with E-state index in [9.17, 15) is 10.1 Å². The molecule has 0 radical (unpaired) electrons. The quantitative estimate of drug-likeness (QED) is 0.831. The van der Waals surface area contributed by atoms with Crippen LogP contribution in [0.15, 0.2) is 18.2 Å². The number of carbonyl (C=O) groups excluding carboxylic acids is 1. The Morgan fingerprint density at radius 3 is 2.52 bits per heavy atom. The number of carbonyl (C=O) groups is 1. The topological polar surface area (TPSA) is 86.4 Å². The van der Waals surface area contributed by atoms with Gasteiger partial charge >= 0.3 is 0 Å². The van der Waals surface area contributed by atoms with Crippen molar-refractivity contribution in [2.45, 2.75) is 31.8 Å². The molecule has 3 aliphatic heterocycles. The van der Waals surface area contributed by atoms with Crippen molar-refractivity contribution >= 4 is 11.6 Å². The van der Waals surface area contributed by atoms with Crippen molar-refractivity contribution in [3.63, 3.8) is 0 Å². The Kier molecular flexibility index (Phi) is 5.71. The molecule has 1 unspecified atom stereocenters. The number of nitrogens with one attached hydrogen (secondary N) is 1. The van der Waals surface area contributed by atoms with Crippen LogP contribution in [0.5, 0.6) is 0 Å². The molecule has 3 aliphatic rings. The zero-order chi connectivity index (χ0) is 20.4. The van der Waals surface area contributed by atoms with E-state index in [4.69, 9.17) is 5.26 Å². The lowest BCUT2D eigenvalue weighted by Gasteiger charge is -2.39. The second-order valence-corrected chi connectivity index (χ2v) is 8.50. The summed E-state index contributed by atoms with van der Waals surface area (Å²) in [5, 5.41) is 21.8. The predicted molar refractivity (Wildman–Crippen MR) is 110 cm³/mol. The minimum Gasteiger partial charge on any atom is -0.369 e. The second kappa shape index (κ2) is 8.41. The van der Waals surface area contributed by atoms with E-state index in [0.29, 0.717) is 23.1 Å². The summed E-state index contributed by atoms with van der Waals surface area (Å²) >= 11 is 0. The largest absolute Gasteiger partial charge is 0.369 e. The Morgan fingerprint density at radius 1 is 1.10 bits per heavy atom. The summed E-state index contributed by atoms with van der Waals surface area (Å²) in [6.45, 7) is 8.53. The first-order valence-electron chi connectivity index (χ1n) is 10.5. The van der Waals surface area contributed by atoms with Crippen LogP contribution in [0.25, 0.3) is 0 Å². The number of rotatable bonds is 3. The number of piperazine rings is 1. The van der Waals surface area contributed by atoms with Crippen molar-refractivity contribution in [3.8, 4) is 12.1 Å². The van der Waals surface area contributed by atoms with Gasteiger partial charge in [-0.15, -0.1) is 0 Å². The van der Waals surface area contributed by atoms with Gasteiger partial charge in [0.05, 0.1) is 17.2 Å². The molecule has 7 nitrogen and oxygen atoms in total. The number of nitriles is 2. The van der Waals surface area contributed by atoms with Crippen LogP contribution in [0.2, 0.25) is 0 Å². The van der Waals surface area contributed by atoms with E-state index in [-0.39, 0.29) is 11.9 Å². The Hall–Kier alpha value is -2.61. The SMILES string of the molecule is CC1CCN(C(=O)[C@@H]2C[C@H](N3CCN(c4ccc(C#N)c(C#N)c4)CC3)CN2)C1. The highest BCUT2D eigenvalue weighted by Crippen LogP contribution is 2.24. The molecular formula is C22H28N6O. The lowest BCUT2D eigenvalue weighted by molar-refractivity contribution is -0.132. The van der Waals surface area contributed by atoms with Crippen molar-refractivity contribution in [1.82, 2.24) is 15.1 Å². The highest BCUT2D eigenvalue weighted by atomic mass is 16.2. The lowest BCUT2D eigenvalue weighted by Crippen LogP contribution is -2.51. The molecule has 1 aromatic carbocycles. The minimum atomic E-state index is -0.0416. The van der Waals surface area contributed by atoms with Gasteiger partial charge in [-0.25, -0.2) is 0 Å². The van der Waals surface area contributed by atoms with Gasteiger partial charge in [0.15, 0.2) is 0 Å². The predicted octanol–water partition coefficient (Wildman–Crippen LogP) is 1.15. The molecule has 4 rings (SSSR count). The number of nitrogens with zero attached hydrogens (tertiary/aromatic N) is 5. The summed E-state index contributed by atoms with van der Waals surface area (Å²) in [4.78, 5) is 19.5. The minimum absolute atomic E-state index is 0.0416.